The zero-order chi connectivity index (χ0) is 14.3. The molecule has 0 spiro atoms. The van der Waals surface area contributed by atoms with E-state index >= 15 is 0 Å². The molecule has 3 nitrogen and oxygen atoms in total. The third-order valence-corrected chi connectivity index (χ3v) is 3.00. The predicted molar refractivity (Wildman–Crippen MR) is 77.8 cm³/mol. The van der Waals surface area contributed by atoms with E-state index in [0.717, 1.165) is 12.0 Å². The Hall–Kier alpha value is -1.48. The molecule has 1 aromatic carbocycles. The molecule has 0 heterocycles. The van der Waals surface area contributed by atoms with Gasteiger partial charge >= 0.3 is 0 Å². The molecule has 1 N–H and O–H groups in total. The van der Waals surface area contributed by atoms with Crippen LogP contribution in [0, 0.1) is 0 Å². The molecule has 1 unspecified atom stereocenters. The molecule has 3 heteroatoms. The van der Waals surface area contributed by atoms with Crippen LogP contribution < -0.4 is 9.47 Å². The molecule has 0 aromatic heterocycles. The van der Waals surface area contributed by atoms with Crippen LogP contribution in [0.2, 0.25) is 0 Å². The summed E-state index contributed by atoms with van der Waals surface area (Å²) in [6.45, 7) is 10.5. The molecular formula is C16H24O3. The lowest BCUT2D eigenvalue weighted by Crippen LogP contribution is -2.20. The van der Waals surface area contributed by atoms with E-state index in [1.165, 1.54) is 0 Å². The molecule has 0 bridgehead atoms. The summed E-state index contributed by atoms with van der Waals surface area (Å²) >= 11 is 0. The Kier molecular flexibility index (Phi) is 5.90. The second-order valence-corrected chi connectivity index (χ2v) is 4.63. The van der Waals surface area contributed by atoms with Crippen LogP contribution in [-0.2, 0) is 5.60 Å². The van der Waals surface area contributed by atoms with E-state index < -0.39 is 5.60 Å². The van der Waals surface area contributed by atoms with Gasteiger partial charge in [0.15, 0.2) is 11.5 Å². The Bertz CT molecular complexity index is 410. The molecule has 0 radical (unpaired) electrons. The van der Waals surface area contributed by atoms with Crippen molar-refractivity contribution in [3.8, 4) is 11.5 Å². The van der Waals surface area contributed by atoms with Crippen molar-refractivity contribution in [3.63, 3.8) is 0 Å². The molecule has 0 aliphatic rings. The molecular weight excluding hydrogens is 240 g/mol. The third-order valence-electron chi connectivity index (χ3n) is 3.00. The zero-order valence-corrected chi connectivity index (χ0v) is 12.1. The van der Waals surface area contributed by atoms with Crippen molar-refractivity contribution < 1.29 is 14.6 Å². The van der Waals surface area contributed by atoms with E-state index in [-0.39, 0.29) is 0 Å². The molecule has 0 aliphatic carbocycles. The highest BCUT2D eigenvalue weighted by molar-refractivity contribution is 5.44. The van der Waals surface area contributed by atoms with Gasteiger partial charge in [-0.2, -0.15) is 0 Å². The van der Waals surface area contributed by atoms with E-state index in [9.17, 15) is 5.11 Å². The average Bonchev–Trinajstić information content (AvgIpc) is 2.39. The van der Waals surface area contributed by atoms with Crippen molar-refractivity contribution in [3.05, 3.63) is 36.4 Å². The molecule has 106 valence electrons. The minimum atomic E-state index is -0.884. The van der Waals surface area contributed by atoms with Gasteiger partial charge in [-0.1, -0.05) is 12.1 Å². The van der Waals surface area contributed by atoms with Crippen molar-refractivity contribution in [2.45, 2.75) is 39.2 Å². The van der Waals surface area contributed by atoms with Gasteiger partial charge in [0, 0.05) is 0 Å². The van der Waals surface area contributed by atoms with E-state index in [2.05, 4.69) is 6.58 Å². The standard InChI is InChI=1S/C16H24O3/c1-5-8-11-16(4,17)13-9-10-14(18-6-2)15(12-13)19-7-3/h5,9-10,12,17H,1,6-8,11H2,2-4H3. The van der Waals surface area contributed by atoms with Gasteiger partial charge in [0.1, 0.15) is 0 Å². The van der Waals surface area contributed by atoms with Crippen molar-refractivity contribution in [1.29, 1.82) is 0 Å². The highest BCUT2D eigenvalue weighted by Crippen LogP contribution is 2.34. The van der Waals surface area contributed by atoms with Crippen LogP contribution in [-0.4, -0.2) is 18.3 Å². The summed E-state index contributed by atoms with van der Waals surface area (Å²) in [6.07, 6.45) is 3.21. The SMILES string of the molecule is C=CCCC(C)(O)c1ccc(OCC)c(OCC)c1. The van der Waals surface area contributed by atoms with Gasteiger partial charge in [-0.05, 0) is 51.3 Å². The van der Waals surface area contributed by atoms with Gasteiger partial charge in [0.05, 0.1) is 18.8 Å². The summed E-state index contributed by atoms with van der Waals surface area (Å²) in [6, 6.07) is 5.60. The third kappa shape index (κ3) is 4.28. The van der Waals surface area contributed by atoms with Crippen LogP contribution in [0.15, 0.2) is 30.9 Å². The fourth-order valence-corrected chi connectivity index (χ4v) is 1.91. The van der Waals surface area contributed by atoms with Gasteiger partial charge in [-0.15, -0.1) is 6.58 Å². The van der Waals surface area contributed by atoms with Crippen LogP contribution >= 0.6 is 0 Å². The van der Waals surface area contributed by atoms with Gasteiger partial charge < -0.3 is 14.6 Å². The highest BCUT2D eigenvalue weighted by atomic mass is 16.5. The predicted octanol–water partition coefficient (Wildman–Crippen LogP) is 3.66. The van der Waals surface area contributed by atoms with Gasteiger partial charge in [0.2, 0.25) is 0 Å². The summed E-state index contributed by atoms with van der Waals surface area (Å²) in [5, 5.41) is 10.5. The molecule has 1 rings (SSSR count). The summed E-state index contributed by atoms with van der Waals surface area (Å²) in [5.41, 5.74) is -0.0496. The van der Waals surface area contributed by atoms with Crippen LogP contribution in [0.4, 0.5) is 0 Å². The van der Waals surface area contributed by atoms with Crippen LogP contribution in [0.25, 0.3) is 0 Å². The van der Waals surface area contributed by atoms with Crippen LogP contribution in [0.5, 0.6) is 11.5 Å². The molecule has 0 fully saturated rings. The summed E-state index contributed by atoms with van der Waals surface area (Å²) in [7, 11) is 0. The number of ether oxygens (including phenoxy) is 2. The normalized spacial score (nSPS) is 13.7. The van der Waals surface area contributed by atoms with E-state index in [0.29, 0.717) is 31.1 Å². The molecule has 1 aromatic rings. The molecule has 0 aliphatic heterocycles. The summed E-state index contributed by atoms with van der Waals surface area (Å²) < 4.78 is 11.1. The first kappa shape index (κ1) is 15.6. The average molecular weight is 264 g/mol. The molecule has 0 saturated carbocycles. The second kappa shape index (κ2) is 7.19. The van der Waals surface area contributed by atoms with E-state index in [4.69, 9.17) is 9.47 Å². The van der Waals surface area contributed by atoms with Gasteiger partial charge in [0.25, 0.3) is 0 Å². The van der Waals surface area contributed by atoms with Crippen molar-refractivity contribution in [2.75, 3.05) is 13.2 Å². The molecule has 0 amide bonds. The zero-order valence-electron chi connectivity index (χ0n) is 12.1. The number of hydrogen-bond acceptors (Lipinski definition) is 3. The quantitative estimate of drug-likeness (QED) is 0.728. The fraction of sp³-hybridized carbons (Fsp3) is 0.500. The fourth-order valence-electron chi connectivity index (χ4n) is 1.91. The number of rotatable bonds is 8. The summed E-state index contributed by atoms with van der Waals surface area (Å²) in [4.78, 5) is 0. The maximum Gasteiger partial charge on any atom is 0.161 e. The minimum Gasteiger partial charge on any atom is -0.490 e. The monoisotopic (exact) mass is 264 g/mol. The number of hydrogen-bond donors (Lipinski definition) is 1. The van der Waals surface area contributed by atoms with Crippen molar-refractivity contribution >= 4 is 0 Å². The first-order chi connectivity index (χ1) is 9.05. The molecule has 19 heavy (non-hydrogen) atoms. The van der Waals surface area contributed by atoms with Crippen molar-refractivity contribution in [1.82, 2.24) is 0 Å². The first-order valence-electron chi connectivity index (χ1n) is 6.78. The Morgan fingerprint density at radius 3 is 2.42 bits per heavy atom. The van der Waals surface area contributed by atoms with E-state index in [1.807, 2.05) is 45.0 Å². The summed E-state index contributed by atoms with van der Waals surface area (Å²) in [5.74, 6) is 1.40. The number of aliphatic hydroxyl groups is 1. The van der Waals surface area contributed by atoms with Crippen LogP contribution in [0.3, 0.4) is 0 Å². The van der Waals surface area contributed by atoms with Crippen LogP contribution in [0.1, 0.15) is 39.2 Å². The Morgan fingerprint density at radius 2 is 1.84 bits per heavy atom. The lowest BCUT2D eigenvalue weighted by molar-refractivity contribution is 0.0484. The number of benzene rings is 1. The molecule has 1 atom stereocenters. The first-order valence-corrected chi connectivity index (χ1v) is 6.78. The second-order valence-electron chi connectivity index (χ2n) is 4.63. The lowest BCUT2D eigenvalue weighted by Gasteiger charge is -2.24. The van der Waals surface area contributed by atoms with E-state index in [1.54, 1.807) is 0 Å². The Labute approximate surface area is 115 Å². The Balaban J connectivity index is 3.02. The Morgan fingerprint density at radius 1 is 1.21 bits per heavy atom. The van der Waals surface area contributed by atoms with Gasteiger partial charge in [-0.3, -0.25) is 0 Å². The smallest absolute Gasteiger partial charge is 0.161 e. The largest absolute Gasteiger partial charge is 0.490 e. The number of allylic oxidation sites excluding steroid dienone is 1. The van der Waals surface area contributed by atoms with Crippen molar-refractivity contribution in [2.24, 2.45) is 0 Å². The lowest BCUT2D eigenvalue weighted by atomic mass is 9.91. The maximum absolute atomic E-state index is 10.5. The minimum absolute atomic E-state index is 0.568. The molecule has 0 saturated heterocycles. The van der Waals surface area contributed by atoms with Gasteiger partial charge in [-0.25, -0.2) is 0 Å². The maximum atomic E-state index is 10.5. The topological polar surface area (TPSA) is 38.7 Å². The highest BCUT2D eigenvalue weighted by Gasteiger charge is 2.23.